The molecule has 13 nitrogen and oxygen atoms in total. The van der Waals surface area contributed by atoms with E-state index in [0.29, 0.717) is 26.1 Å². The zero-order valence-electron chi connectivity index (χ0n) is 47.0. The fourth-order valence-electron chi connectivity index (χ4n) is 10.4. The zero-order valence-corrected chi connectivity index (χ0v) is 50.6. The van der Waals surface area contributed by atoms with E-state index < -0.39 is 86.5 Å². The van der Waals surface area contributed by atoms with Gasteiger partial charge in [-0.05, 0) is 78.1 Å². The molecule has 2 heterocycles. The molecule has 2 aliphatic rings. The monoisotopic (exact) mass is 1090 g/mol. The van der Waals surface area contributed by atoms with Crippen LogP contribution in [-0.4, -0.2) is 156 Å². The van der Waals surface area contributed by atoms with E-state index in [1.54, 1.807) is 58.7 Å². The first kappa shape index (κ1) is 63.9. The molecule has 0 unspecified atom stereocenters. The molecule has 2 aromatic rings. The van der Waals surface area contributed by atoms with Gasteiger partial charge in [0.2, 0.25) is 0 Å². The molecule has 0 spiro atoms. The van der Waals surface area contributed by atoms with Crippen molar-refractivity contribution >= 4 is 56.3 Å². The summed E-state index contributed by atoms with van der Waals surface area (Å²) in [6.07, 6.45) is -0.904. The Bertz CT molecular complexity index is 1900. The van der Waals surface area contributed by atoms with Crippen LogP contribution in [0.4, 0.5) is 0 Å². The van der Waals surface area contributed by atoms with Crippen LogP contribution in [0.3, 0.4) is 0 Å². The quantitative estimate of drug-likeness (QED) is 0.0283. The van der Waals surface area contributed by atoms with Gasteiger partial charge >= 0.3 is 5.97 Å². The Morgan fingerprint density at radius 2 is 1.48 bits per heavy atom. The molecular formula is C56H94O13S2Si2. The second-order valence-corrected chi connectivity index (χ2v) is 36.0. The van der Waals surface area contributed by atoms with Crippen LogP contribution in [0.5, 0.6) is 0 Å². The number of hydrogen-bond acceptors (Lipinski definition) is 14. The Morgan fingerprint density at radius 3 is 1.99 bits per heavy atom. The summed E-state index contributed by atoms with van der Waals surface area (Å²) in [5.74, 6) is -0.595. The summed E-state index contributed by atoms with van der Waals surface area (Å²) in [6, 6.07) is 22.3. The molecule has 0 aliphatic carbocycles. The molecule has 0 aromatic heterocycles. The minimum absolute atomic E-state index is 0.0211. The number of hydrogen-bond donors (Lipinski definition) is 3. The summed E-state index contributed by atoms with van der Waals surface area (Å²) in [7, 11) is 0.748. The van der Waals surface area contributed by atoms with Crippen LogP contribution in [0.25, 0.3) is 0 Å². The number of ether oxygens (including phenoxy) is 8. The highest BCUT2D eigenvalue weighted by Crippen LogP contribution is 2.59. The van der Waals surface area contributed by atoms with Crippen LogP contribution in [0, 0.1) is 11.3 Å². The van der Waals surface area contributed by atoms with Crippen LogP contribution in [0.2, 0.25) is 30.7 Å². The number of methoxy groups -OCH3 is 3. The molecule has 0 bridgehead atoms. The zero-order chi connectivity index (χ0) is 54.3. The summed E-state index contributed by atoms with van der Waals surface area (Å²) in [4.78, 5) is 12.6. The Labute approximate surface area is 450 Å². The summed E-state index contributed by atoms with van der Waals surface area (Å²) in [5.41, 5.74) is 0.126. The first-order chi connectivity index (χ1) is 34.3. The number of aliphatic hydroxyl groups excluding tert-OH is 2. The van der Waals surface area contributed by atoms with Gasteiger partial charge in [0.1, 0.15) is 25.8 Å². The van der Waals surface area contributed by atoms with Crippen molar-refractivity contribution in [1.29, 1.82) is 0 Å². The molecule has 9 atom stereocenters. The van der Waals surface area contributed by atoms with E-state index in [1.165, 1.54) is 10.4 Å². The molecule has 2 aromatic carbocycles. The first-order valence-corrected chi connectivity index (χ1v) is 33.9. The standard InChI is InChI=1S/C56H94O13S2Si2/c1-16-41(37-67-73(53(3,4)5,44-24-19-17-20-25-44)45-26-21-18-22-27-45)32-40(2)46(57)33-42(62-11)36-49(65-38-61-10)54(6,7)56(70-29-23-30-71-56)51(58)48(63-12)35-43-34-47(69-55(8,9)68-43)50(52(59)60)66-39-64-28-31-72(13,14)15/h17-22,24-27,32,41-43,46-51,57-58H,16,23,28-31,33-39H2,1-15H3,(H,59,60)/b40-32-/t41-,42-,43+,46+,47-,48-,49+,50+,51-/m1/s1. The van der Waals surface area contributed by atoms with Crippen LogP contribution in [0.1, 0.15) is 101 Å². The maximum Gasteiger partial charge on any atom is 0.335 e. The van der Waals surface area contributed by atoms with Gasteiger partial charge in [-0.3, -0.25) is 0 Å². The minimum atomic E-state index is -2.77. The molecule has 2 saturated heterocycles. The van der Waals surface area contributed by atoms with Gasteiger partial charge in [0.05, 0.1) is 34.6 Å². The summed E-state index contributed by atoms with van der Waals surface area (Å²) in [6.45, 7) is 26.4. The van der Waals surface area contributed by atoms with Gasteiger partial charge in [-0.1, -0.05) is 128 Å². The number of rotatable bonds is 31. The van der Waals surface area contributed by atoms with Crippen molar-refractivity contribution in [3.8, 4) is 0 Å². The lowest BCUT2D eigenvalue weighted by Gasteiger charge is -2.55. The number of carboxylic acids is 1. The number of aliphatic hydroxyl groups is 2. The predicted octanol–water partition coefficient (Wildman–Crippen LogP) is 9.73. The maximum absolute atomic E-state index is 12.9. The molecule has 2 aliphatic heterocycles. The molecule has 0 amide bonds. The summed E-state index contributed by atoms with van der Waals surface area (Å²) < 4.78 is 55.2. The van der Waals surface area contributed by atoms with E-state index in [9.17, 15) is 20.1 Å². The number of carbonyl (C=O) groups is 1. The largest absolute Gasteiger partial charge is 0.479 e. The van der Waals surface area contributed by atoms with Gasteiger partial charge in [0.25, 0.3) is 8.32 Å². The second kappa shape index (κ2) is 28.8. The fourth-order valence-corrected chi connectivity index (χ4v) is 19.6. The molecule has 0 saturated carbocycles. The summed E-state index contributed by atoms with van der Waals surface area (Å²) in [5, 5.41) is 37.4. The highest BCUT2D eigenvalue weighted by Gasteiger charge is 2.59. The Kier molecular flexibility index (Phi) is 25.2. The molecular weight excluding hydrogens is 1000 g/mol. The lowest BCUT2D eigenvalue weighted by Crippen LogP contribution is -2.66. The fraction of sp³-hybridized carbons (Fsp3) is 0.732. The van der Waals surface area contributed by atoms with Crippen LogP contribution < -0.4 is 10.4 Å². The van der Waals surface area contributed by atoms with Crippen molar-refractivity contribution in [3.63, 3.8) is 0 Å². The van der Waals surface area contributed by atoms with Crippen LogP contribution >= 0.6 is 23.5 Å². The van der Waals surface area contributed by atoms with Gasteiger partial charge in [0, 0.05) is 73.7 Å². The van der Waals surface area contributed by atoms with E-state index in [-0.39, 0.29) is 37.4 Å². The van der Waals surface area contributed by atoms with E-state index in [2.05, 4.69) is 128 Å². The molecule has 4 rings (SSSR count). The molecule has 17 heteroatoms. The van der Waals surface area contributed by atoms with Gasteiger partial charge in [-0.2, -0.15) is 0 Å². The SMILES string of the molecule is CC[C@H](/C=C(/C)[C@@H](O)C[C@H](C[C@H](OCOC)C(C)(C)C1([C@H](O)[C@@H](C[C@@H]2C[C@H]([C@H](OCOCC[Si](C)(C)C)C(=O)O)OC(C)(C)O2)OC)SCCCS1)OC)CO[Si](c1ccccc1)(c1ccccc1)C(C)(C)C. The highest BCUT2D eigenvalue weighted by molar-refractivity contribution is 8.19. The van der Waals surface area contributed by atoms with Crippen molar-refractivity contribution in [3.05, 3.63) is 72.3 Å². The summed E-state index contributed by atoms with van der Waals surface area (Å²) >= 11 is 3.43. The molecule has 2 fully saturated rings. The van der Waals surface area contributed by atoms with E-state index in [4.69, 9.17) is 42.3 Å². The third-order valence-electron chi connectivity index (χ3n) is 14.6. The third kappa shape index (κ3) is 17.4. The maximum atomic E-state index is 12.9. The van der Waals surface area contributed by atoms with Crippen molar-refractivity contribution in [2.24, 2.45) is 11.3 Å². The van der Waals surface area contributed by atoms with Gasteiger partial charge in [-0.25, -0.2) is 4.79 Å². The van der Waals surface area contributed by atoms with Gasteiger partial charge in [0.15, 0.2) is 11.9 Å². The number of thioether (sulfide) groups is 2. The average Bonchev–Trinajstić information content (AvgIpc) is 3.33. The van der Waals surface area contributed by atoms with Gasteiger partial charge < -0.3 is 57.6 Å². The number of benzene rings is 2. The normalized spacial score (nSPS) is 22.0. The van der Waals surface area contributed by atoms with E-state index >= 15 is 0 Å². The first-order valence-electron chi connectivity index (χ1n) is 26.3. The topological polar surface area (TPSA) is 161 Å². The Balaban J connectivity index is 1.54. The van der Waals surface area contributed by atoms with E-state index in [0.717, 1.165) is 36.0 Å². The molecule has 0 radical (unpaired) electrons. The van der Waals surface area contributed by atoms with Crippen molar-refractivity contribution in [1.82, 2.24) is 0 Å². The number of aliphatic carboxylic acids is 1. The smallest absolute Gasteiger partial charge is 0.335 e. The van der Waals surface area contributed by atoms with Crippen LogP contribution in [-0.2, 0) is 47.1 Å². The van der Waals surface area contributed by atoms with Gasteiger partial charge in [-0.15, -0.1) is 23.5 Å². The Hall–Kier alpha value is -1.66. The van der Waals surface area contributed by atoms with Crippen molar-refractivity contribution in [2.45, 2.75) is 190 Å². The molecule has 416 valence electrons. The average molecular weight is 1100 g/mol. The van der Waals surface area contributed by atoms with Crippen LogP contribution in [0.15, 0.2) is 72.3 Å². The highest BCUT2D eigenvalue weighted by atomic mass is 32.2. The third-order valence-corrected chi connectivity index (χ3v) is 25.4. The lowest BCUT2D eigenvalue weighted by atomic mass is 9.75. The minimum Gasteiger partial charge on any atom is -0.479 e. The second-order valence-electron chi connectivity index (χ2n) is 23.1. The van der Waals surface area contributed by atoms with E-state index in [1.807, 2.05) is 6.92 Å². The number of carboxylic acid groups (broad SMARTS) is 1. The van der Waals surface area contributed by atoms with Crippen molar-refractivity contribution in [2.75, 3.05) is 59.6 Å². The lowest BCUT2D eigenvalue weighted by molar-refractivity contribution is -0.320. The Morgan fingerprint density at radius 1 is 0.877 bits per heavy atom. The molecule has 3 N–H and O–H groups in total. The molecule has 73 heavy (non-hydrogen) atoms. The van der Waals surface area contributed by atoms with Crippen molar-refractivity contribution < 1.29 is 62.4 Å². The predicted molar refractivity (Wildman–Crippen MR) is 301 cm³/mol.